The van der Waals surface area contributed by atoms with E-state index in [2.05, 4.69) is 20.4 Å². The van der Waals surface area contributed by atoms with Crippen molar-refractivity contribution in [3.05, 3.63) is 47.7 Å². The third-order valence-corrected chi connectivity index (χ3v) is 4.21. The number of alkyl halides is 3. The Morgan fingerprint density at radius 1 is 1.19 bits per heavy atom. The molecule has 1 N–H and O–H groups in total. The quantitative estimate of drug-likeness (QED) is 0.496. The molecule has 5 nitrogen and oxygen atoms in total. The first-order valence-electron chi connectivity index (χ1n) is 8.27. The molecule has 0 bridgehead atoms. The van der Waals surface area contributed by atoms with E-state index in [-0.39, 0.29) is 6.54 Å². The van der Waals surface area contributed by atoms with E-state index < -0.39 is 28.0 Å². The molecule has 2 heterocycles. The van der Waals surface area contributed by atoms with E-state index in [9.17, 15) is 17.6 Å². The molecule has 0 atom stereocenters. The first-order valence-corrected chi connectivity index (χ1v) is 9.09. The predicted molar refractivity (Wildman–Crippen MR) is 95.0 cm³/mol. The predicted octanol–water partition coefficient (Wildman–Crippen LogP) is 4.97. The highest BCUT2D eigenvalue weighted by atomic mass is 32.2. The monoisotopic (exact) mass is 399 g/mol. The molecule has 144 valence electrons. The highest BCUT2D eigenvalue weighted by molar-refractivity contribution is 8.00. The van der Waals surface area contributed by atoms with Gasteiger partial charge in [-0.05, 0) is 36.4 Å². The van der Waals surface area contributed by atoms with Crippen molar-refractivity contribution in [2.45, 2.75) is 43.1 Å². The van der Waals surface area contributed by atoms with Crippen LogP contribution in [0, 0.1) is 12.7 Å². The fraction of sp³-hybridized carbons (Fsp3) is 0.353. The Bertz CT molecular complexity index is 921. The summed E-state index contributed by atoms with van der Waals surface area (Å²) in [6.45, 7) is 2.01. The summed E-state index contributed by atoms with van der Waals surface area (Å²) >= 11 is -0.471. The number of halogens is 4. The number of rotatable bonds is 4. The molecular formula is C17H17F4N5S. The van der Waals surface area contributed by atoms with Gasteiger partial charge in [-0.15, -0.1) is 0 Å². The Hall–Kier alpha value is -2.36. The molecule has 0 aliphatic heterocycles. The molecule has 0 spiro atoms. The number of hydrogen-bond donors (Lipinski definition) is 1. The molecule has 1 aliphatic rings. The fourth-order valence-electron chi connectivity index (χ4n) is 2.11. The van der Waals surface area contributed by atoms with Gasteiger partial charge < -0.3 is 5.32 Å². The lowest BCUT2D eigenvalue weighted by molar-refractivity contribution is -0.0329. The molecule has 1 aromatic carbocycles. The lowest BCUT2D eigenvalue weighted by Crippen LogP contribution is -2.07. The SMILES string of the molecule is C1CC1.Cc1cc(NCc2ccc(SC(F)(F)F)c(F)c2)n2ncnc2n1. The van der Waals surface area contributed by atoms with Gasteiger partial charge in [-0.1, -0.05) is 25.3 Å². The molecule has 0 saturated heterocycles. The molecule has 3 aromatic rings. The number of aromatic nitrogens is 4. The third-order valence-electron chi connectivity index (χ3n) is 3.43. The Morgan fingerprint density at radius 2 is 1.93 bits per heavy atom. The average Bonchev–Trinajstić information content (AvgIpc) is 3.39. The molecule has 2 aromatic heterocycles. The minimum Gasteiger partial charge on any atom is -0.366 e. The standard InChI is InChI=1S/C14H11F4N5S.C3H6/c1-8-4-12(23-13(22-8)20-7-21-23)19-6-9-2-3-11(10(15)5-9)24-14(16,17)18;1-2-3-1/h2-5,7,19H,6H2,1H3;1-3H2. The molecule has 1 saturated carbocycles. The molecule has 10 heteroatoms. The summed E-state index contributed by atoms with van der Waals surface area (Å²) in [5.41, 5.74) is -3.30. The number of fused-ring (bicyclic) bond motifs is 1. The van der Waals surface area contributed by atoms with Gasteiger partial charge >= 0.3 is 5.51 Å². The number of nitrogens with one attached hydrogen (secondary N) is 1. The van der Waals surface area contributed by atoms with Crippen molar-refractivity contribution in [3.63, 3.8) is 0 Å². The summed E-state index contributed by atoms with van der Waals surface area (Å²) in [4.78, 5) is 7.72. The maximum Gasteiger partial charge on any atom is 0.446 e. The zero-order valence-electron chi connectivity index (χ0n) is 14.4. The van der Waals surface area contributed by atoms with Crippen LogP contribution in [0.15, 0.2) is 35.5 Å². The third kappa shape index (κ3) is 5.81. The van der Waals surface area contributed by atoms with Crippen molar-refractivity contribution in [1.29, 1.82) is 0 Å². The summed E-state index contributed by atoms with van der Waals surface area (Å²) in [7, 11) is 0. The van der Waals surface area contributed by atoms with Crippen molar-refractivity contribution in [3.8, 4) is 0 Å². The van der Waals surface area contributed by atoms with E-state index >= 15 is 0 Å². The van der Waals surface area contributed by atoms with Crippen molar-refractivity contribution in [2.75, 3.05) is 5.32 Å². The highest BCUT2D eigenvalue weighted by Crippen LogP contribution is 2.38. The zero-order chi connectivity index (χ0) is 19.4. The highest BCUT2D eigenvalue weighted by Gasteiger charge is 2.30. The number of anilines is 1. The van der Waals surface area contributed by atoms with Crippen LogP contribution < -0.4 is 5.32 Å². The Kier molecular flexibility index (Phi) is 5.83. The van der Waals surface area contributed by atoms with Gasteiger partial charge in [0, 0.05) is 18.3 Å². The lowest BCUT2D eigenvalue weighted by Gasteiger charge is -2.10. The van der Waals surface area contributed by atoms with Gasteiger partial charge in [-0.25, -0.2) is 9.37 Å². The van der Waals surface area contributed by atoms with Gasteiger partial charge in [0.25, 0.3) is 5.78 Å². The number of thioether (sulfide) groups is 1. The summed E-state index contributed by atoms with van der Waals surface area (Å²) in [6.07, 6.45) is 5.86. The molecule has 4 rings (SSSR count). The van der Waals surface area contributed by atoms with Gasteiger partial charge in [-0.3, -0.25) is 0 Å². The van der Waals surface area contributed by atoms with E-state index in [0.717, 1.165) is 17.8 Å². The minimum atomic E-state index is -4.52. The number of nitrogens with zero attached hydrogens (tertiary/aromatic N) is 4. The number of hydrogen-bond acceptors (Lipinski definition) is 5. The summed E-state index contributed by atoms with van der Waals surface area (Å²) in [6, 6.07) is 5.38. The van der Waals surface area contributed by atoms with Gasteiger partial charge in [-0.2, -0.15) is 27.8 Å². The minimum absolute atomic E-state index is 0.215. The van der Waals surface area contributed by atoms with Crippen LogP contribution in [0.25, 0.3) is 5.78 Å². The molecule has 1 aliphatic carbocycles. The van der Waals surface area contributed by atoms with Gasteiger partial charge in [0.2, 0.25) is 0 Å². The topological polar surface area (TPSA) is 55.1 Å². The first-order chi connectivity index (χ1) is 12.8. The summed E-state index contributed by atoms with van der Waals surface area (Å²) in [5, 5.41) is 7.07. The first kappa shape index (κ1) is 19.4. The number of benzene rings is 1. The molecule has 27 heavy (non-hydrogen) atoms. The average molecular weight is 399 g/mol. The van der Waals surface area contributed by atoms with Crippen molar-refractivity contribution in [2.24, 2.45) is 0 Å². The van der Waals surface area contributed by atoms with Gasteiger partial charge in [0.15, 0.2) is 0 Å². The van der Waals surface area contributed by atoms with Gasteiger partial charge in [0.1, 0.15) is 18.0 Å². The normalized spacial score (nSPS) is 13.2. The van der Waals surface area contributed by atoms with Crippen LogP contribution in [-0.2, 0) is 6.54 Å². The second-order valence-corrected chi connectivity index (χ2v) is 7.09. The van der Waals surface area contributed by atoms with Crippen LogP contribution in [-0.4, -0.2) is 25.1 Å². The van der Waals surface area contributed by atoms with Crippen LogP contribution in [0.5, 0.6) is 0 Å². The van der Waals surface area contributed by atoms with Crippen LogP contribution in [0.3, 0.4) is 0 Å². The van der Waals surface area contributed by atoms with Gasteiger partial charge in [0.05, 0.1) is 4.90 Å². The van der Waals surface area contributed by atoms with E-state index in [1.54, 1.807) is 13.0 Å². The van der Waals surface area contributed by atoms with Crippen LogP contribution in [0.2, 0.25) is 0 Å². The lowest BCUT2D eigenvalue weighted by atomic mass is 10.2. The molecular weight excluding hydrogens is 382 g/mol. The largest absolute Gasteiger partial charge is 0.446 e. The second-order valence-electron chi connectivity index (χ2n) is 5.98. The van der Waals surface area contributed by atoms with Crippen LogP contribution >= 0.6 is 11.8 Å². The van der Waals surface area contributed by atoms with Crippen molar-refractivity contribution >= 4 is 23.4 Å². The molecule has 0 radical (unpaired) electrons. The van der Waals surface area contributed by atoms with E-state index in [0.29, 0.717) is 17.2 Å². The second kappa shape index (κ2) is 8.12. The van der Waals surface area contributed by atoms with Crippen LogP contribution in [0.1, 0.15) is 30.5 Å². The van der Waals surface area contributed by atoms with E-state index in [1.807, 2.05) is 0 Å². The van der Waals surface area contributed by atoms with Crippen molar-refractivity contribution < 1.29 is 17.6 Å². The maximum atomic E-state index is 13.8. The van der Waals surface area contributed by atoms with Crippen molar-refractivity contribution in [1.82, 2.24) is 19.6 Å². The number of aryl methyl sites for hydroxylation is 1. The summed E-state index contributed by atoms with van der Waals surface area (Å²) in [5.74, 6) is 0.109. The molecule has 0 amide bonds. The van der Waals surface area contributed by atoms with E-state index in [4.69, 9.17) is 0 Å². The fourth-order valence-corrected chi connectivity index (χ4v) is 2.65. The molecule has 1 fully saturated rings. The Balaban J connectivity index is 0.000000637. The Morgan fingerprint density at radius 3 is 2.56 bits per heavy atom. The maximum absolute atomic E-state index is 13.8. The van der Waals surface area contributed by atoms with E-state index in [1.165, 1.54) is 36.2 Å². The molecule has 0 unspecified atom stereocenters. The smallest absolute Gasteiger partial charge is 0.366 e. The zero-order valence-corrected chi connectivity index (χ0v) is 15.2. The Labute approximate surface area is 157 Å². The summed E-state index contributed by atoms with van der Waals surface area (Å²) < 4.78 is 52.2. The van der Waals surface area contributed by atoms with Crippen LogP contribution in [0.4, 0.5) is 23.4 Å².